The van der Waals surface area contributed by atoms with Crippen LogP contribution in [-0.4, -0.2) is 22.5 Å². The van der Waals surface area contributed by atoms with Crippen LogP contribution in [0.1, 0.15) is 24.5 Å². The lowest BCUT2D eigenvalue weighted by Gasteiger charge is -2.14. The predicted octanol–water partition coefficient (Wildman–Crippen LogP) is 8.24. The zero-order chi connectivity index (χ0) is 24.1. The van der Waals surface area contributed by atoms with Gasteiger partial charge in [-0.25, -0.2) is 4.99 Å². The molecule has 1 fully saturated rings. The molecule has 1 aliphatic heterocycles. The standard InChI is InChI=1S/C26H21Cl3N2O2S/c1-2-13-31-25(32)24(34-26(31)30-21-11-9-19(27)10-12-21)14-17-5-3-4-6-23(17)33-16-18-7-8-20(28)15-22(18)29/h3-12,14-15H,2,13,16H2,1H3/b24-14-,30-26?. The second kappa shape index (κ2) is 11.3. The van der Waals surface area contributed by atoms with E-state index in [9.17, 15) is 4.79 Å². The number of ether oxygens (including phenoxy) is 1. The van der Waals surface area contributed by atoms with E-state index in [0.29, 0.717) is 37.4 Å². The molecule has 4 nitrogen and oxygen atoms in total. The van der Waals surface area contributed by atoms with Crippen LogP contribution in [0.15, 0.2) is 76.6 Å². The first-order valence-electron chi connectivity index (χ1n) is 10.7. The highest BCUT2D eigenvalue weighted by Crippen LogP contribution is 2.36. The summed E-state index contributed by atoms with van der Waals surface area (Å²) in [5.41, 5.74) is 2.37. The van der Waals surface area contributed by atoms with Crippen LogP contribution in [0.25, 0.3) is 6.08 Å². The van der Waals surface area contributed by atoms with Gasteiger partial charge in [0.2, 0.25) is 0 Å². The number of hydrogen-bond donors (Lipinski definition) is 0. The minimum atomic E-state index is -0.0740. The van der Waals surface area contributed by atoms with Gasteiger partial charge in [-0.2, -0.15) is 0 Å². The zero-order valence-electron chi connectivity index (χ0n) is 18.3. The Kier molecular flexibility index (Phi) is 8.22. The van der Waals surface area contributed by atoms with Gasteiger partial charge in [0.25, 0.3) is 5.91 Å². The Labute approximate surface area is 218 Å². The molecule has 0 spiro atoms. The number of rotatable bonds is 7. The van der Waals surface area contributed by atoms with Crippen molar-refractivity contribution in [1.82, 2.24) is 4.90 Å². The van der Waals surface area contributed by atoms with Crippen LogP contribution >= 0.6 is 46.6 Å². The first-order chi connectivity index (χ1) is 16.4. The number of carbonyl (C=O) groups is 1. The molecule has 0 radical (unpaired) electrons. The number of para-hydroxylation sites is 1. The molecule has 1 aliphatic rings. The summed E-state index contributed by atoms with van der Waals surface area (Å²) in [5.74, 6) is 0.578. The van der Waals surface area contributed by atoms with Crippen LogP contribution < -0.4 is 4.74 Å². The fraction of sp³-hybridized carbons (Fsp3) is 0.154. The summed E-state index contributed by atoms with van der Waals surface area (Å²) >= 11 is 19.6. The van der Waals surface area contributed by atoms with Gasteiger partial charge in [0.15, 0.2) is 5.17 Å². The van der Waals surface area contributed by atoms with E-state index in [1.54, 1.807) is 29.2 Å². The van der Waals surface area contributed by atoms with Crippen LogP contribution in [0.3, 0.4) is 0 Å². The third-order valence-electron chi connectivity index (χ3n) is 4.99. The second-order valence-electron chi connectivity index (χ2n) is 7.50. The zero-order valence-corrected chi connectivity index (χ0v) is 21.4. The Bertz CT molecular complexity index is 1260. The third kappa shape index (κ3) is 5.97. The van der Waals surface area contributed by atoms with Crippen molar-refractivity contribution in [2.24, 2.45) is 4.99 Å². The number of hydrogen-bond acceptors (Lipinski definition) is 4. The molecule has 174 valence electrons. The molecule has 1 amide bonds. The summed E-state index contributed by atoms with van der Waals surface area (Å²) in [6.45, 7) is 2.90. The van der Waals surface area contributed by atoms with Gasteiger partial charge < -0.3 is 4.74 Å². The highest BCUT2D eigenvalue weighted by atomic mass is 35.5. The Hall–Kier alpha value is -2.44. The molecule has 0 atom stereocenters. The van der Waals surface area contributed by atoms with Crippen molar-refractivity contribution in [2.45, 2.75) is 20.0 Å². The van der Waals surface area contributed by atoms with Gasteiger partial charge in [-0.15, -0.1) is 0 Å². The molecular formula is C26H21Cl3N2O2S. The third-order valence-corrected chi connectivity index (χ3v) is 6.84. The second-order valence-corrected chi connectivity index (χ2v) is 9.79. The van der Waals surface area contributed by atoms with Crippen molar-refractivity contribution >= 4 is 69.4 Å². The summed E-state index contributed by atoms with van der Waals surface area (Å²) in [4.78, 5) is 20.2. The van der Waals surface area contributed by atoms with E-state index in [1.807, 2.05) is 55.5 Å². The Morgan fingerprint density at radius 1 is 1.00 bits per heavy atom. The van der Waals surface area contributed by atoms with Crippen molar-refractivity contribution in [2.75, 3.05) is 6.54 Å². The normalized spacial score (nSPS) is 16.0. The first kappa shape index (κ1) is 24.7. The van der Waals surface area contributed by atoms with E-state index in [4.69, 9.17) is 39.5 Å². The van der Waals surface area contributed by atoms with E-state index in [-0.39, 0.29) is 12.5 Å². The van der Waals surface area contributed by atoms with Gasteiger partial charge in [-0.05, 0) is 66.7 Å². The lowest BCUT2D eigenvalue weighted by molar-refractivity contribution is -0.122. The van der Waals surface area contributed by atoms with E-state index in [2.05, 4.69) is 4.99 Å². The minimum Gasteiger partial charge on any atom is -0.488 e. The van der Waals surface area contributed by atoms with Crippen LogP contribution in [-0.2, 0) is 11.4 Å². The molecular weight excluding hydrogens is 511 g/mol. The average molecular weight is 532 g/mol. The largest absolute Gasteiger partial charge is 0.488 e. The molecule has 0 N–H and O–H groups in total. The van der Waals surface area contributed by atoms with Crippen LogP contribution in [0, 0.1) is 0 Å². The molecule has 1 saturated heterocycles. The molecule has 0 bridgehead atoms. The highest BCUT2D eigenvalue weighted by molar-refractivity contribution is 8.18. The van der Waals surface area contributed by atoms with Gasteiger partial charge in [0.1, 0.15) is 12.4 Å². The van der Waals surface area contributed by atoms with E-state index in [0.717, 1.165) is 23.2 Å². The fourth-order valence-electron chi connectivity index (χ4n) is 3.30. The number of thioether (sulfide) groups is 1. The highest BCUT2D eigenvalue weighted by Gasteiger charge is 2.33. The quantitative estimate of drug-likeness (QED) is 0.288. The molecule has 0 aliphatic carbocycles. The Morgan fingerprint density at radius 2 is 1.74 bits per heavy atom. The molecule has 0 unspecified atom stereocenters. The van der Waals surface area contributed by atoms with Crippen LogP contribution in [0.4, 0.5) is 5.69 Å². The van der Waals surface area contributed by atoms with Crippen molar-refractivity contribution in [3.8, 4) is 5.75 Å². The van der Waals surface area contributed by atoms with Crippen molar-refractivity contribution < 1.29 is 9.53 Å². The number of carbonyl (C=O) groups excluding carboxylic acids is 1. The molecule has 3 aromatic rings. The molecule has 8 heteroatoms. The van der Waals surface area contributed by atoms with E-state index in [1.165, 1.54) is 11.8 Å². The van der Waals surface area contributed by atoms with Gasteiger partial charge >= 0.3 is 0 Å². The van der Waals surface area contributed by atoms with Gasteiger partial charge in [-0.3, -0.25) is 9.69 Å². The molecule has 1 heterocycles. The van der Waals surface area contributed by atoms with Gasteiger partial charge in [0, 0.05) is 32.7 Å². The fourth-order valence-corrected chi connectivity index (χ4v) is 4.91. The summed E-state index contributed by atoms with van der Waals surface area (Å²) < 4.78 is 6.05. The Balaban J connectivity index is 1.59. The topological polar surface area (TPSA) is 41.9 Å². The van der Waals surface area contributed by atoms with Gasteiger partial charge in [0.05, 0.1) is 10.6 Å². The smallest absolute Gasteiger partial charge is 0.266 e. The number of nitrogens with zero attached hydrogens (tertiary/aromatic N) is 2. The molecule has 34 heavy (non-hydrogen) atoms. The SMILES string of the molecule is CCCN1C(=O)/C(=C/c2ccccc2OCc2ccc(Cl)cc2Cl)SC1=Nc1ccc(Cl)cc1. The average Bonchev–Trinajstić information content (AvgIpc) is 3.10. The lowest BCUT2D eigenvalue weighted by Crippen LogP contribution is -2.29. The first-order valence-corrected chi connectivity index (χ1v) is 12.6. The maximum Gasteiger partial charge on any atom is 0.266 e. The molecule has 0 saturated carbocycles. The maximum absolute atomic E-state index is 13.2. The monoisotopic (exact) mass is 530 g/mol. The maximum atomic E-state index is 13.2. The number of amides is 1. The van der Waals surface area contributed by atoms with Gasteiger partial charge in [-0.1, -0.05) is 66.0 Å². The molecule has 0 aromatic heterocycles. The van der Waals surface area contributed by atoms with Crippen LogP contribution in [0.2, 0.25) is 15.1 Å². The van der Waals surface area contributed by atoms with Crippen molar-refractivity contribution in [1.29, 1.82) is 0 Å². The molecule has 3 aromatic carbocycles. The summed E-state index contributed by atoms with van der Waals surface area (Å²) in [5, 5.41) is 2.40. The predicted molar refractivity (Wildman–Crippen MR) is 143 cm³/mol. The number of amidine groups is 1. The van der Waals surface area contributed by atoms with Crippen LogP contribution in [0.5, 0.6) is 5.75 Å². The van der Waals surface area contributed by atoms with Crippen molar-refractivity contribution in [3.63, 3.8) is 0 Å². The Morgan fingerprint density at radius 3 is 2.47 bits per heavy atom. The number of benzene rings is 3. The number of aliphatic imine (C=N–C) groups is 1. The molecule has 4 rings (SSSR count). The lowest BCUT2D eigenvalue weighted by atomic mass is 10.1. The summed E-state index contributed by atoms with van der Waals surface area (Å²) in [6, 6.07) is 20.1. The van der Waals surface area contributed by atoms with E-state index >= 15 is 0 Å². The summed E-state index contributed by atoms with van der Waals surface area (Å²) in [7, 11) is 0. The minimum absolute atomic E-state index is 0.0740. The van der Waals surface area contributed by atoms with E-state index < -0.39 is 0 Å². The number of halogens is 3. The summed E-state index contributed by atoms with van der Waals surface area (Å²) in [6.07, 6.45) is 2.67. The van der Waals surface area contributed by atoms with Crippen molar-refractivity contribution in [3.05, 3.63) is 97.8 Å².